The van der Waals surface area contributed by atoms with Gasteiger partial charge in [0.1, 0.15) is 5.58 Å². The standard InChI is InChI=1S/C20H27F3O.CH2BrF/c1-13-2-4-14(5-3-13)15-6-8-16(9-7-15)17-10-18(22)20(24-12-21)19(23)11-17;2-1-3/h10-11,13-16H,2-9,12H2,1H3;1H2. The molecule has 154 valence electrons. The minimum absolute atomic E-state index is 0.201. The van der Waals surface area contributed by atoms with Gasteiger partial charge in [-0.15, -0.1) is 0 Å². The van der Waals surface area contributed by atoms with Crippen molar-refractivity contribution in [1.82, 2.24) is 0 Å². The number of rotatable bonds is 4. The fourth-order valence-corrected chi connectivity index (χ4v) is 4.69. The zero-order chi connectivity index (χ0) is 19.8. The Morgan fingerprint density at radius 3 is 1.78 bits per heavy atom. The van der Waals surface area contributed by atoms with Crippen LogP contribution in [0.15, 0.2) is 12.1 Å². The summed E-state index contributed by atoms with van der Waals surface area (Å²) in [6.07, 6.45) is 9.64. The van der Waals surface area contributed by atoms with Gasteiger partial charge in [0.2, 0.25) is 6.86 Å². The van der Waals surface area contributed by atoms with Gasteiger partial charge in [0, 0.05) is 0 Å². The maximum atomic E-state index is 13.9. The lowest BCUT2D eigenvalue weighted by molar-refractivity contribution is 0.164. The summed E-state index contributed by atoms with van der Waals surface area (Å²) in [7, 11) is 0. The molecule has 1 aromatic carbocycles. The second kappa shape index (κ2) is 11.3. The summed E-state index contributed by atoms with van der Waals surface area (Å²) in [5, 5.41) is 0. The molecule has 2 saturated carbocycles. The lowest BCUT2D eigenvalue weighted by Crippen LogP contribution is -2.24. The summed E-state index contributed by atoms with van der Waals surface area (Å²) >= 11 is 2.48. The fraction of sp³-hybridized carbons (Fsp3) is 0.714. The molecule has 2 aliphatic rings. The number of ether oxygens (including phenoxy) is 1. The molecule has 0 aromatic heterocycles. The van der Waals surface area contributed by atoms with E-state index in [2.05, 4.69) is 27.6 Å². The van der Waals surface area contributed by atoms with Crippen LogP contribution < -0.4 is 4.74 Å². The third-order valence-electron chi connectivity index (χ3n) is 6.19. The molecule has 6 heteroatoms. The molecule has 2 aliphatic carbocycles. The first kappa shape index (κ1) is 22.5. The van der Waals surface area contributed by atoms with Crippen molar-refractivity contribution in [1.29, 1.82) is 0 Å². The molecule has 0 spiro atoms. The normalized spacial score (nSPS) is 28.2. The second-order valence-electron chi connectivity index (χ2n) is 7.80. The molecule has 2 fully saturated rings. The number of alkyl halides is 3. The Kier molecular flexibility index (Phi) is 9.40. The topological polar surface area (TPSA) is 9.23 Å². The molecule has 0 atom stereocenters. The van der Waals surface area contributed by atoms with Crippen molar-refractivity contribution in [2.45, 2.75) is 64.2 Å². The highest BCUT2D eigenvalue weighted by molar-refractivity contribution is 9.09. The van der Waals surface area contributed by atoms with E-state index in [-0.39, 0.29) is 5.92 Å². The van der Waals surface area contributed by atoms with Crippen LogP contribution in [0.2, 0.25) is 0 Å². The zero-order valence-corrected chi connectivity index (χ0v) is 17.4. The summed E-state index contributed by atoms with van der Waals surface area (Å²) < 4.78 is 54.6. The van der Waals surface area contributed by atoms with Crippen LogP contribution in [0.5, 0.6) is 5.75 Å². The lowest BCUT2D eigenvalue weighted by atomic mass is 9.68. The van der Waals surface area contributed by atoms with Gasteiger partial charge < -0.3 is 4.74 Å². The highest BCUT2D eigenvalue weighted by atomic mass is 79.9. The SMILES string of the molecule is CC1CCC(C2CCC(c3cc(F)c(OCF)c(F)c3)CC2)CC1.FCBr. The van der Waals surface area contributed by atoms with Crippen molar-refractivity contribution in [3.05, 3.63) is 29.3 Å². The Morgan fingerprint density at radius 2 is 1.33 bits per heavy atom. The first-order chi connectivity index (χ1) is 13.0. The molecular formula is C21H29BrF4O. The highest BCUT2D eigenvalue weighted by Crippen LogP contribution is 2.44. The summed E-state index contributed by atoms with van der Waals surface area (Å²) in [5.41, 5.74) is 0.249. The predicted octanol–water partition coefficient (Wildman–Crippen LogP) is 7.68. The zero-order valence-electron chi connectivity index (χ0n) is 15.8. The Hall–Kier alpha value is -0.780. The molecule has 0 aliphatic heterocycles. The van der Waals surface area contributed by atoms with Gasteiger partial charge in [-0.2, -0.15) is 0 Å². The van der Waals surface area contributed by atoms with Crippen LogP contribution in [0.3, 0.4) is 0 Å². The summed E-state index contributed by atoms with van der Waals surface area (Å²) in [5.74, 6) is 0.484. The molecule has 1 nitrogen and oxygen atoms in total. The van der Waals surface area contributed by atoms with Crippen molar-refractivity contribution in [3.8, 4) is 5.75 Å². The largest absolute Gasteiger partial charge is 0.457 e. The van der Waals surface area contributed by atoms with Gasteiger partial charge in [-0.25, -0.2) is 17.6 Å². The van der Waals surface area contributed by atoms with E-state index in [0.29, 0.717) is 5.56 Å². The van der Waals surface area contributed by atoms with Crippen LogP contribution in [0.1, 0.15) is 69.8 Å². The van der Waals surface area contributed by atoms with E-state index in [9.17, 15) is 17.6 Å². The molecule has 0 bridgehead atoms. The van der Waals surface area contributed by atoms with E-state index >= 15 is 0 Å². The molecule has 3 rings (SSSR count). The van der Waals surface area contributed by atoms with Crippen LogP contribution in [0, 0.1) is 29.4 Å². The van der Waals surface area contributed by atoms with E-state index in [1.165, 1.54) is 37.8 Å². The van der Waals surface area contributed by atoms with Gasteiger partial charge in [0.15, 0.2) is 17.4 Å². The van der Waals surface area contributed by atoms with Crippen LogP contribution in [-0.4, -0.2) is 12.4 Å². The van der Waals surface area contributed by atoms with Crippen LogP contribution in [0.4, 0.5) is 17.6 Å². The predicted molar refractivity (Wildman–Crippen MR) is 104 cm³/mol. The number of halogens is 5. The van der Waals surface area contributed by atoms with Crippen LogP contribution in [-0.2, 0) is 0 Å². The van der Waals surface area contributed by atoms with Gasteiger partial charge in [-0.05, 0) is 79.9 Å². The Bertz CT molecular complexity index is 544. The van der Waals surface area contributed by atoms with E-state index in [4.69, 9.17) is 0 Å². The van der Waals surface area contributed by atoms with Gasteiger partial charge in [-0.1, -0.05) is 35.7 Å². The van der Waals surface area contributed by atoms with E-state index in [1.807, 2.05) is 0 Å². The average molecular weight is 453 g/mol. The quantitative estimate of drug-likeness (QED) is 0.336. The smallest absolute Gasteiger partial charge is 0.228 e. The minimum atomic E-state index is -1.22. The van der Waals surface area contributed by atoms with Crippen molar-refractivity contribution in [2.75, 3.05) is 12.4 Å². The Morgan fingerprint density at radius 1 is 0.889 bits per heavy atom. The molecule has 1 aromatic rings. The molecule has 0 unspecified atom stereocenters. The first-order valence-corrected chi connectivity index (χ1v) is 10.9. The molecule has 0 amide bonds. The lowest BCUT2D eigenvalue weighted by Gasteiger charge is -2.37. The summed E-state index contributed by atoms with van der Waals surface area (Å²) in [6, 6.07) is 2.64. The minimum Gasteiger partial charge on any atom is -0.457 e. The molecule has 0 heterocycles. The van der Waals surface area contributed by atoms with E-state index in [1.54, 1.807) is 0 Å². The number of hydrogen-bond donors (Lipinski definition) is 0. The molecular weight excluding hydrogens is 424 g/mol. The number of benzene rings is 1. The van der Waals surface area contributed by atoms with Gasteiger partial charge >= 0.3 is 0 Å². The molecule has 0 saturated heterocycles. The fourth-order valence-electron chi connectivity index (χ4n) is 4.69. The summed E-state index contributed by atoms with van der Waals surface area (Å²) in [4.78, 5) is 0. The van der Waals surface area contributed by atoms with Crippen LogP contribution >= 0.6 is 15.9 Å². The van der Waals surface area contributed by atoms with E-state index < -0.39 is 29.8 Å². The Labute approximate surface area is 168 Å². The third-order valence-corrected chi connectivity index (χ3v) is 6.19. The average Bonchev–Trinajstić information content (AvgIpc) is 2.66. The van der Waals surface area contributed by atoms with Gasteiger partial charge in [0.05, 0.1) is 0 Å². The van der Waals surface area contributed by atoms with Crippen molar-refractivity contribution in [3.63, 3.8) is 0 Å². The van der Waals surface area contributed by atoms with Crippen LogP contribution in [0.25, 0.3) is 0 Å². The molecule has 27 heavy (non-hydrogen) atoms. The van der Waals surface area contributed by atoms with Gasteiger partial charge in [-0.3, -0.25) is 0 Å². The maximum absolute atomic E-state index is 13.9. The monoisotopic (exact) mass is 452 g/mol. The van der Waals surface area contributed by atoms with Crippen molar-refractivity contribution < 1.29 is 22.3 Å². The van der Waals surface area contributed by atoms with Gasteiger partial charge in [0.25, 0.3) is 0 Å². The van der Waals surface area contributed by atoms with E-state index in [0.717, 1.165) is 43.4 Å². The molecule has 0 N–H and O–H groups in total. The molecule has 0 radical (unpaired) electrons. The first-order valence-electron chi connectivity index (χ1n) is 9.79. The highest BCUT2D eigenvalue weighted by Gasteiger charge is 2.31. The second-order valence-corrected chi connectivity index (χ2v) is 8.22. The summed E-state index contributed by atoms with van der Waals surface area (Å²) in [6.45, 7) is 1.12. The third kappa shape index (κ3) is 6.37. The van der Waals surface area contributed by atoms with Crippen molar-refractivity contribution in [2.24, 2.45) is 17.8 Å². The number of hydrogen-bond acceptors (Lipinski definition) is 1. The maximum Gasteiger partial charge on any atom is 0.228 e. The van der Waals surface area contributed by atoms with Crippen molar-refractivity contribution >= 4 is 15.9 Å². The Balaban J connectivity index is 0.000000817.